The summed E-state index contributed by atoms with van der Waals surface area (Å²) in [6.07, 6.45) is 1.17. The quantitative estimate of drug-likeness (QED) is 0.649. The van der Waals surface area contributed by atoms with Crippen molar-refractivity contribution in [2.24, 2.45) is 5.92 Å². The molecule has 0 radical (unpaired) electrons. The number of aryl methyl sites for hydroxylation is 3. The smallest absolute Gasteiger partial charge is 0.0292 e. The van der Waals surface area contributed by atoms with Gasteiger partial charge in [0.05, 0.1) is 0 Å². The van der Waals surface area contributed by atoms with Crippen LogP contribution in [0.4, 0.5) is 0 Å². The minimum Gasteiger partial charge on any atom is -0.126 e. The SMILES string of the molecule is Cc1cc(C)c(C(CCl)CC(C)C)c(C)c1. The molecule has 1 heteroatoms. The minimum absolute atomic E-state index is 0.502. The van der Waals surface area contributed by atoms with Gasteiger partial charge < -0.3 is 0 Å². The van der Waals surface area contributed by atoms with Crippen molar-refractivity contribution in [2.45, 2.75) is 47.0 Å². The Bertz CT molecular complexity index is 329. The van der Waals surface area contributed by atoms with Crippen LogP contribution in [-0.4, -0.2) is 5.88 Å². The minimum atomic E-state index is 0.502. The highest BCUT2D eigenvalue weighted by Gasteiger charge is 2.16. The van der Waals surface area contributed by atoms with Gasteiger partial charge in [-0.15, -0.1) is 11.6 Å². The van der Waals surface area contributed by atoms with Crippen LogP contribution in [0.15, 0.2) is 12.1 Å². The lowest BCUT2D eigenvalue weighted by molar-refractivity contribution is 0.524. The summed E-state index contributed by atoms with van der Waals surface area (Å²) in [7, 11) is 0. The highest BCUT2D eigenvalue weighted by molar-refractivity contribution is 6.18. The Kier molecular flexibility index (Phi) is 4.86. The molecule has 0 fully saturated rings. The molecular weight excluding hydrogens is 216 g/mol. The maximum absolute atomic E-state index is 6.13. The number of rotatable bonds is 4. The molecule has 1 rings (SSSR count). The molecule has 0 aliphatic heterocycles. The molecular formula is C15H23Cl. The van der Waals surface area contributed by atoms with Crippen LogP contribution < -0.4 is 0 Å². The Balaban J connectivity index is 3.09. The maximum Gasteiger partial charge on any atom is 0.0292 e. The molecule has 0 saturated heterocycles. The third kappa shape index (κ3) is 3.25. The highest BCUT2D eigenvalue weighted by Crippen LogP contribution is 2.31. The van der Waals surface area contributed by atoms with E-state index < -0.39 is 0 Å². The van der Waals surface area contributed by atoms with Crippen LogP contribution in [0.2, 0.25) is 0 Å². The molecule has 0 amide bonds. The second-order valence-corrected chi connectivity index (χ2v) is 5.60. The molecule has 1 atom stereocenters. The van der Waals surface area contributed by atoms with Crippen LogP contribution in [0.25, 0.3) is 0 Å². The van der Waals surface area contributed by atoms with Crippen molar-refractivity contribution < 1.29 is 0 Å². The molecule has 1 unspecified atom stereocenters. The molecule has 0 bridgehead atoms. The summed E-state index contributed by atoms with van der Waals surface area (Å²) in [6.45, 7) is 11.1. The van der Waals surface area contributed by atoms with E-state index in [2.05, 4.69) is 46.8 Å². The summed E-state index contributed by atoms with van der Waals surface area (Å²) in [5.74, 6) is 1.93. The Morgan fingerprint density at radius 3 is 1.94 bits per heavy atom. The number of alkyl halides is 1. The number of hydrogen-bond acceptors (Lipinski definition) is 0. The summed E-state index contributed by atoms with van der Waals surface area (Å²) >= 11 is 6.13. The fourth-order valence-electron chi connectivity index (χ4n) is 2.66. The average molecular weight is 239 g/mol. The topological polar surface area (TPSA) is 0 Å². The Morgan fingerprint density at radius 1 is 1.06 bits per heavy atom. The monoisotopic (exact) mass is 238 g/mol. The first-order chi connectivity index (χ1) is 7.45. The molecule has 1 aromatic rings. The lowest BCUT2D eigenvalue weighted by Gasteiger charge is -2.21. The van der Waals surface area contributed by atoms with E-state index in [0.29, 0.717) is 11.8 Å². The second-order valence-electron chi connectivity index (χ2n) is 5.29. The van der Waals surface area contributed by atoms with E-state index in [1.54, 1.807) is 0 Å². The van der Waals surface area contributed by atoms with Crippen LogP contribution >= 0.6 is 11.6 Å². The molecule has 0 aromatic heterocycles. The van der Waals surface area contributed by atoms with Crippen LogP contribution in [0.3, 0.4) is 0 Å². The van der Waals surface area contributed by atoms with E-state index in [0.717, 1.165) is 5.88 Å². The van der Waals surface area contributed by atoms with E-state index in [9.17, 15) is 0 Å². The standard InChI is InChI=1S/C15H23Cl/c1-10(2)6-14(9-16)15-12(4)7-11(3)8-13(15)5/h7-8,10,14H,6,9H2,1-5H3. The van der Waals surface area contributed by atoms with E-state index in [1.807, 2.05) is 0 Å². The molecule has 0 nitrogen and oxygen atoms in total. The van der Waals surface area contributed by atoms with Crippen molar-refractivity contribution >= 4 is 11.6 Å². The van der Waals surface area contributed by atoms with Gasteiger partial charge in [-0.05, 0) is 55.7 Å². The zero-order valence-corrected chi connectivity index (χ0v) is 11.9. The van der Waals surface area contributed by atoms with Gasteiger partial charge in [-0.25, -0.2) is 0 Å². The lowest BCUT2D eigenvalue weighted by atomic mass is 9.85. The fraction of sp³-hybridized carbons (Fsp3) is 0.600. The molecule has 0 N–H and O–H groups in total. The van der Waals surface area contributed by atoms with E-state index in [1.165, 1.54) is 28.7 Å². The third-order valence-electron chi connectivity index (χ3n) is 3.09. The van der Waals surface area contributed by atoms with Crippen molar-refractivity contribution in [3.63, 3.8) is 0 Å². The van der Waals surface area contributed by atoms with Gasteiger partial charge in [0.1, 0.15) is 0 Å². The predicted octanol–water partition coefficient (Wildman–Crippen LogP) is 4.98. The summed E-state index contributed by atoms with van der Waals surface area (Å²) in [6, 6.07) is 4.53. The predicted molar refractivity (Wildman–Crippen MR) is 73.6 cm³/mol. The normalized spacial score (nSPS) is 13.2. The first kappa shape index (κ1) is 13.6. The highest BCUT2D eigenvalue weighted by atomic mass is 35.5. The fourth-order valence-corrected chi connectivity index (χ4v) is 2.94. The summed E-state index contributed by atoms with van der Waals surface area (Å²) in [5.41, 5.74) is 5.60. The van der Waals surface area contributed by atoms with Gasteiger partial charge in [-0.2, -0.15) is 0 Å². The van der Waals surface area contributed by atoms with Gasteiger partial charge in [0.2, 0.25) is 0 Å². The molecule has 0 spiro atoms. The van der Waals surface area contributed by atoms with Crippen molar-refractivity contribution in [2.75, 3.05) is 5.88 Å². The first-order valence-corrected chi connectivity index (χ1v) is 6.62. The molecule has 1 aromatic carbocycles. The molecule has 0 heterocycles. The zero-order valence-electron chi connectivity index (χ0n) is 11.1. The Morgan fingerprint density at radius 2 is 1.56 bits per heavy atom. The molecule has 0 saturated carbocycles. The maximum atomic E-state index is 6.13. The van der Waals surface area contributed by atoms with Crippen molar-refractivity contribution in [3.8, 4) is 0 Å². The van der Waals surface area contributed by atoms with Gasteiger partial charge in [-0.3, -0.25) is 0 Å². The largest absolute Gasteiger partial charge is 0.126 e. The van der Waals surface area contributed by atoms with Crippen molar-refractivity contribution in [3.05, 3.63) is 34.4 Å². The van der Waals surface area contributed by atoms with Crippen molar-refractivity contribution in [1.82, 2.24) is 0 Å². The van der Waals surface area contributed by atoms with Crippen LogP contribution in [0.1, 0.15) is 48.4 Å². The first-order valence-electron chi connectivity index (χ1n) is 6.09. The Hall–Kier alpha value is -0.490. The van der Waals surface area contributed by atoms with E-state index in [-0.39, 0.29) is 0 Å². The zero-order chi connectivity index (χ0) is 12.3. The van der Waals surface area contributed by atoms with Crippen LogP contribution in [0, 0.1) is 26.7 Å². The average Bonchev–Trinajstić information content (AvgIpc) is 2.13. The molecule has 0 aliphatic carbocycles. The summed E-state index contributed by atoms with van der Waals surface area (Å²) < 4.78 is 0. The van der Waals surface area contributed by atoms with Gasteiger partial charge in [0.25, 0.3) is 0 Å². The Labute approximate surface area is 105 Å². The van der Waals surface area contributed by atoms with Crippen LogP contribution in [0.5, 0.6) is 0 Å². The number of halogens is 1. The summed E-state index contributed by atoms with van der Waals surface area (Å²) in [5, 5.41) is 0. The molecule has 0 aliphatic rings. The van der Waals surface area contributed by atoms with Gasteiger partial charge in [-0.1, -0.05) is 31.5 Å². The third-order valence-corrected chi connectivity index (χ3v) is 3.46. The van der Waals surface area contributed by atoms with Crippen LogP contribution in [-0.2, 0) is 0 Å². The van der Waals surface area contributed by atoms with Gasteiger partial charge in [0.15, 0.2) is 0 Å². The van der Waals surface area contributed by atoms with E-state index in [4.69, 9.17) is 11.6 Å². The van der Waals surface area contributed by atoms with Crippen molar-refractivity contribution in [1.29, 1.82) is 0 Å². The second kappa shape index (κ2) is 5.72. The molecule has 90 valence electrons. The molecule has 16 heavy (non-hydrogen) atoms. The summed E-state index contributed by atoms with van der Waals surface area (Å²) in [4.78, 5) is 0. The lowest BCUT2D eigenvalue weighted by Crippen LogP contribution is -2.08. The number of benzene rings is 1. The van der Waals surface area contributed by atoms with Gasteiger partial charge in [0, 0.05) is 5.88 Å². The number of hydrogen-bond donors (Lipinski definition) is 0. The van der Waals surface area contributed by atoms with Gasteiger partial charge >= 0.3 is 0 Å². The van der Waals surface area contributed by atoms with E-state index >= 15 is 0 Å².